The highest BCUT2D eigenvalue weighted by molar-refractivity contribution is 5.73. The molecule has 3 aliphatic heterocycles. The zero-order valence-electron chi connectivity index (χ0n) is 27.5. The number of unbranched alkanes of at least 4 members (excludes halogenated alkanes) is 2. The van der Waals surface area contributed by atoms with Crippen LogP contribution < -0.4 is 10.6 Å². The molecule has 0 unspecified atom stereocenters. The number of aliphatic hydroxyl groups excluding tert-OH is 8. The second kappa shape index (κ2) is 19.5. The van der Waals surface area contributed by atoms with Crippen molar-refractivity contribution >= 4 is 17.8 Å². The summed E-state index contributed by atoms with van der Waals surface area (Å²) in [7, 11) is 1.27. The van der Waals surface area contributed by atoms with Crippen molar-refractivity contribution in [1.29, 1.82) is 0 Å². The van der Waals surface area contributed by atoms with E-state index in [1.807, 2.05) is 0 Å². The molecule has 20 nitrogen and oxygen atoms in total. The van der Waals surface area contributed by atoms with Gasteiger partial charge in [-0.05, 0) is 12.8 Å². The van der Waals surface area contributed by atoms with Crippen LogP contribution in [0.5, 0.6) is 0 Å². The quantitative estimate of drug-likeness (QED) is 0.0527. The molecule has 0 aromatic heterocycles. The second-order valence-corrected chi connectivity index (χ2v) is 12.0. The highest BCUT2D eigenvalue weighted by Gasteiger charge is 2.55. The number of hydrogen-bond acceptors (Lipinski definition) is 18. The molecule has 0 spiro atoms. The van der Waals surface area contributed by atoms with Crippen molar-refractivity contribution in [1.82, 2.24) is 10.6 Å². The normalized spacial score (nSPS) is 39.6. The number of amides is 2. The smallest absolute Gasteiger partial charge is 0.305 e. The minimum Gasteiger partial charge on any atom is -0.469 e. The van der Waals surface area contributed by atoms with Crippen LogP contribution in [0.25, 0.3) is 0 Å². The van der Waals surface area contributed by atoms with Crippen LogP contribution in [0.15, 0.2) is 0 Å². The number of rotatable bonds is 16. The van der Waals surface area contributed by atoms with Crippen molar-refractivity contribution < 1.29 is 88.4 Å². The van der Waals surface area contributed by atoms with Crippen molar-refractivity contribution in [2.45, 2.75) is 132 Å². The molecule has 20 heteroatoms. The van der Waals surface area contributed by atoms with E-state index in [4.69, 9.17) is 28.4 Å². The molecule has 10 N–H and O–H groups in total. The average Bonchev–Trinajstić information content (AvgIpc) is 3.07. The number of carbonyl (C=O) groups excluding carboxylic acids is 3. The molecule has 49 heavy (non-hydrogen) atoms. The molecule has 0 aromatic rings. The van der Waals surface area contributed by atoms with Crippen molar-refractivity contribution in [3.8, 4) is 0 Å². The van der Waals surface area contributed by atoms with Crippen LogP contribution in [-0.4, -0.2) is 184 Å². The largest absolute Gasteiger partial charge is 0.469 e. The lowest BCUT2D eigenvalue weighted by molar-refractivity contribution is -0.379. The fraction of sp³-hybridized carbons (Fsp3) is 0.897. The van der Waals surface area contributed by atoms with Gasteiger partial charge < -0.3 is 84.6 Å². The topological polar surface area (TPSA) is 302 Å². The van der Waals surface area contributed by atoms with Gasteiger partial charge in [-0.2, -0.15) is 0 Å². The summed E-state index contributed by atoms with van der Waals surface area (Å²) in [5.41, 5.74) is 0. The Morgan fingerprint density at radius 3 is 1.51 bits per heavy atom. The molecule has 0 aliphatic carbocycles. The Bertz CT molecular complexity index is 1060. The van der Waals surface area contributed by atoms with Gasteiger partial charge in [0.2, 0.25) is 11.8 Å². The lowest BCUT2D eigenvalue weighted by atomic mass is 9.94. The van der Waals surface area contributed by atoms with Gasteiger partial charge in [0.15, 0.2) is 18.9 Å². The number of esters is 1. The summed E-state index contributed by atoms with van der Waals surface area (Å²) in [5.74, 6) is -1.70. The van der Waals surface area contributed by atoms with E-state index >= 15 is 0 Å². The van der Waals surface area contributed by atoms with Crippen molar-refractivity contribution in [3.05, 3.63) is 0 Å². The van der Waals surface area contributed by atoms with Gasteiger partial charge in [-0.3, -0.25) is 14.4 Å². The summed E-state index contributed by atoms with van der Waals surface area (Å²) in [5, 5.41) is 88.5. The van der Waals surface area contributed by atoms with E-state index in [9.17, 15) is 55.2 Å². The number of carbonyl (C=O) groups is 3. The third kappa shape index (κ3) is 10.7. The lowest BCUT2D eigenvalue weighted by Gasteiger charge is -2.50. The second-order valence-electron chi connectivity index (χ2n) is 12.0. The Labute approximate surface area is 282 Å². The maximum absolute atomic E-state index is 12.1. The van der Waals surface area contributed by atoms with Crippen LogP contribution in [-0.2, 0) is 47.5 Å². The van der Waals surface area contributed by atoms with Gasteiger partial charge in [0.1, 0.15) is 73.1 Å². The first-order chi connectivity index (χ1) is 23.3. The first-order valence-corrected chi connectivity index (χ1v) is 16.0. The van der Waals surface area contributed by atoms with Gasteiger partial charge in [-0.25, -0.2) is 0 Å². The van der Waals surface area contributed by atoms with E-state index < -0.39 is 124 Å². The van der Waals surface area contributed by atoms with E-state index in [0.717, 1.165) is 13.8 Å². The van der Waals surface area contributed by atoms with Gasteiger partial charge >= 0.3 is 5.97 Å². The maximum atomic E-state index is 12.1. The van der Waals surface area contributed by atoms with Crippen LogP contribution in [0, 0.1) is 0 Å². The summed E-state index contributed by atoms with van der Waals surface area (Å²) in [4.78, 5) is 35.5. The predicted octanol–water partition coefficient (Wildman–Crippen LogP) is -5.53. The number of nitrogens with one attached hydrogen (secondary N) is 2. The van der Waals surface area contributed by atoms with E-state index in [2.05, 4.69) is 15.4 Å². The zero-order valence-corrected chi connectivity index (χ0v) is 27.5. The molecule has 0 radical (unpaired) electrons. The monoisotopic (exact) mass is 714 g/mol. The Hall–Kier alpha value is -2.15. The van der Waals surface area contributed by atoms with E-state index in [0.29, 0.717) is 19.3 Å². The molecule has 0 bridgehead atoms. The molecular weight excluding hydrogens is 664 g/mol. The Kier molecular flexibility index (Phi) is 16.4. The van der Waals surface area contributed by atoms with Gasteiger partial charge in [0.05, 0.1) is 26.9 Å². The molecule has 3 saturated heterocycles. The summed E-state index contributed by atoms with van der Waals surface area (Å²) >= 11 is 0. The molecule has 15 atom stereocenters. The fourth-order valence-electron chi connectivity index (χ4n) is 5.81. The molecule has 3 fully saturated rings. The van der Waals surface area contributed by atoms with Gasteiger partial charge in [0, 0.05) is 26.9 Å². The molecular formula is C29H50N2O18. The SMILES string of the molecule is COC(=O)CCCCCO[C@H]1O[C@H](CO)[C@H](O)[C@H](O[C@@H]2O[C@H](CO)[C@@H](O)[C@H](O)[C@@H]2NC(C)=O)[C@H]1O[C@@H]1O[C@H](CO)[C@@H](O)[C@H](O)[C@@H]1NC(C)=O. The van der Waals surface area contributed by atoms with E-state index in [-0.39, 0.29) is 19.0 Å². The van der Waals surface area contributed by atoms with Crippen LogP contribution in [0.4, 0.5) is 0 Å². The van der Waals surface area contributed by atoms with Crippen molar-refractivity contribution in [2.75, 3.05) is 33.5 Å². The number of ether oxygens (including phenoxy) is 7. The van der Waals surface area contributed by atoms with Gasteiger partial charge in [-0.1, -0.05) is 6.42 Å². The zero-order chi connectivity index (χ0) is 36.4. The molecule has 0 saturated carbocycles. The minimum atomic E-state index is -1.75. The average molecular weight is 715 g/mol. The highest BCUT2D eigenvalue weighted by atomic mass is 16.8. The predicted molar refractivity (Wildman–Crippen MR) is 159 cm³/mol. The van der Waals surface area contributed by atoms with Crippen LogP contribution >= 0.6 is 0 Å². The van der Waals surface area contributed by atoms with E-state index in [1.54, 1.807) is 0 Å². The summed E-state index contributed by atoms with van der Waals surface area (Å²) in [6.07, 6.45) is -19.2. The molecule has 3 heterocycles. The van der Waals surface area contributed by atoms with E-state index in [1.165, 1.54) is 7.11 Å². The first kappa shape index (κ1) is 41.3. The van der Waals surface area contributed by atoms with Crippen LogP contribution in [0.1, 0.15) is 39.5 Å². The van der Waals surface area contributed by atoms with Crippen molar-refractivity contribution in [3.63, 3.8) is 0 Å². The third-order valence-electron chi connectivity index (χ3n) is 8.42. The van der Waals surface area contributed by atoms with Crippen molar-refractivity contribution in [2.24, 2.45) is 0 Å². The molecule has 3 aliphatic rings. The Balaban J connectivity index is 1.97. The van der Waals surface area contributed by atoms with Crippen LogP contribution in [0.2, 0.25) is 0 Å². The van der Waals surface area contributed by atoms with Gasteiger partial charge in [-0.15, -0.1) is 0 Å². The van der Waals surface area contributed by atoms with Gasteiger partial charge in [0.25, 0.3) is 0 Å². The molecule has 284 valence electrons. The molecule has 3 rings (SSSR count). The standard InChI is InChI=1S/C29H50N2O18/c1-12(35)30-18-23(41)20(38)14(9-32)45-27(18)48-25-22(40)16(11-34)47-29(44-8-6-4-5-7-17(37)43-3)26(25)49-28-19(31-13(2)36)24(42)21(39)15(10-33)46-28/h14-16,18-29,32-34,38-42H,4-11H2,1-3H3,(H,30,35)(H,31,36)/t14-,15-,16-,18+,19+,20-,21-,22+,23-,24-,25+,26-,27+,28+,29+/m1/s1. The third-order valence-corrected chi connectivity index (χ3v) is 8.42. The number of aliphatic hydroxyl groups is 8. The summed E-state index contributed by atoms with van der Waals surface area (Å²) < 4.78 is 40.1. The van der Waals surface area contributed by atoms with Crippen LogP contribution in [0.3, 0.4) is 0 Å². The maximum Gasteiger partial charge on any atom is 0.305 e. The first-order valence-electron chi connectivity index (χ1n) is 16.0. The minimum absolute atomic E-state index is 0.0140. The Morgan fingerprint density at radius 2 is 1.06 bits per heavy atom. The molecule has 0 aromatic carbocycles. The number of methoxy groups -OCH3 is 1. The fourth-order valence-corrected chi connectivity index (χ4v) is 5.81. The lowest BCUT2D eigenvalue weighted by Crippen LogP contribution is -2.70. The Morgan fingerprint density at radius 1 is 0.612 bits per heavy atom. The summed E-state index contributed by atoms with van der Waals surface area (Å²) in [6, 6.07) is -2.90. The highest BCUT2D eigenvalue weighted by Crippen LogP contribution is 2.34. The summed E-state index contributed by atoms with van der Waals surface area (Å²) in [6.45, 7) is -0.0749. The molecule has 2 amide bonds. The number of hydrogen-bond donors (Lipinski definition) is 10.